The molecule has 0 aliphatic heterocycles. The third-order valence-corrected chi connectivity index (χ3v) is 3.08. The highest BCUT2D eigenvalue weighted by molar-refractivity contribution is 5.93. The molecule has 6 heteroatoms. The first-order valence-corrected chi connectivity index (χ1v) is 6.09. The van der Waals surface area contributed by atoms with Gasteiger partial charge in [-0.25, -0.2) is 4.79 Å². The van der Waals surface area contributed by atoms with E-state index in [1.807, 2.05) is 29.9 Å². The lowest BCUT2D eigenvalue weighted by atomic mass is 10.1. The fraction of sp³-hybridized carbons (Fsp3) is 0.0714. The number of hydrogen-bond acceptors (Lipinski definition) is 3. The second-order valence-electron chi connectivity index (χ2n) is 4.43. The van der Waals surface area contributed by atoms with Crippen LogP contribution in [0.4, 0.5) is 10.5 Å². The molecular formula is C14H13N5O. The van der Waals surface area contributed by atoms with Gasteiger partial charge in [0.2, 0.25) is 0 Å². The zero-order chi connectivity index (χ0) is 14.1. The van der Waals surface area contributed by atoms with Crippen molar-refractivity contribution in [1.29, 1.82) is 0 Å². The number of nitrogens with two attached hydrogens (primary N) is 1. The predicted molar refractivity (Wildman–Crippen MR) is 77.2 cm³/mol. The Morgan fingerprint density at radius 3 is 2.70 bits per heavy atom. The molecule has 0 aliphatic rings. The van der Waals surface area contributed by atoms with E-state index in [0.717, 1.165) is 22.2 Å². The number of urea groups is 1. The summed E-state index contributed by atoms with van der Waals surface area (Å²) in [4.78, 5) is 14.9. The van der Waals surface area contributed by atoms with Crippen LogP contribution in [-0.2, 0) is 7.05 Å². The molecule has 3 rings (SSSR count). The van der Waals surface area contributed by atoms with Gasteiger partial charge in [-0.05, 0) is 18.2 Å². The molecule has 0 aliphatic carbocycles. The number of anilines is 1. The van der Waals surface area contributed by atoms with Crippen molar-refractivity contribution in [3.8, 4) is 11.3 Å². The Morgan fingerprint density at radius 1 is 1.25 bits per heavy atom. The molecule has 0 spiro atoms. The standard InChI is InChI=1S/C14H13N5O/c1-19-12-6-7-16-8-11(12)13(18-19)9-2-4-10(5-3-9)17-14(15)20/h2-8H,1H3,(H3,15,17,20). The highest BCUT2D eigenvalue weighted by Crippen LogP contribution is 2.27. The van der Waals surface area contributed by atoms with Gasteiger partial charge in [0, 0.05) is 36.1 Å². The minimum absolute atomic E-state index is 0.578. The van der Waals surface area contributed by atoms with Crippen molar-refractivity contribution in [3.63, 3.8) is 0 Å². The minimum Gasteiger partial charge on any atom is -0.351 e. The van der Waals surface area contributed by atoms with E-state index in [1.54, 1.807) is 24.5 Å². The molecule has 0 unspecified atom stereocenters. The van der Waals surface area contributed by atoms with E-state index in [0.29, 0.717) is 5.69 Å². The molecule has 0 fully saturated rings. The monoisotopic (exact) mass is 267 g/mol. The quantitative estimate of drug-likeness (QED) is 0.745. The van der Waals surface area contributed by atoms with Crippen molar-refractivity contribution < 1.29 is 4.79 Å². The molecule has 0 atom stereocenters. The van der Waals surface area contributed by atoms with Gasteiger partial charge in [0.1, 0.15) is 5.69 Å². The van der Waals surface area contributed by atoms with Crippen molar-refractivity contribution in [3.05, 3.63) is 42.7 Å². The number of benzene rings is 1. The number of fused-ring (bicyclic) bond motifs is 1. The predicted octanol–water partition coefficient (Wildman–Crippen LogP) is 2.13. The van der Waals surface area contributed by atoms with Gasteiger partial charge in [-0.15, -0.1) is 0 Å². The van der Waals surface area contributed by atoms with Crippen molar-refractivity contribution in [2.75, 3.05) is 5.32 Å². The topological polar surface area (TPSA) is 85.8 Å². The maximum atomic E-state index is 10.8. The minimum atomic E-state index is -0.578. The summed E-state index contributed by atoms with van der Waals surface area (Å²) in [5.41, 5.74) is 8.57. The summed E-state index contributed by atoms with van der Waals surface area (Å²) < 4.78 is 1.82. The molecule has 0 saturated heterocycles. The van der Waals surface area contributed by atoms with Gasteiger partial charge in [0.05, 0.1) is 5.52 Å². The number of hydrogen-bond donors (Lipinski definition) is 2. The number of rotatable bonds is 2. The lowest BCUT2D eigenvalue weighted by molar-refractivity contribution is 0.259. The Kier molecular flexibility index (Phi) is 2.83. The first kappa shape index (κ1) is 12.2. The summed E-state index contributed by atoms with van der Waals surface area (Å²) in [6.45, 7) is 0. The smallest absolute Gasteiger partial charge is 0.316 e. The van der Waals surface area contributed by atoms with Crippen LogP contribution < -0.4 is 11.1 Å². The third kappa shape index (κ3) is 2.07. The molecule has 0 saturated carbocycles. The fourth-order valence-corrected chi connectivity index (χ4v) is 2.18. The molecule has 3 N–H and O–H groups in total. The summed E-state index contributed by atoms with van der Waals surface area (Å²) in [6.07, 6.45) is 3.54. The maximum absolute atomic E-state index is 10.8. The van der Waals surface area contributed by atoms with Crippen LogP contribution in [0.15, 0.2) is 42.7 Å². The number of amides is 2. The van der Waals surface area contributed by atoms with Crippen LogP contribution in [0.3, 0.4) is 0 Å². The van der Waals surface area contributed by atoms with Crippen LogP contribution in [0.5, 0.6) is 0 Å². The van der Waals surface area contributed by atoms with Gasteiger partial charge in [0.15, 0.2) is 0 Å². The molecule has 1 aromatic carbocycles. The van der Waals surface area contributed by atoms with Crippen LogP contribution in [0.1, 0.15) is 0 Å². The number of primary amides is 1. The molecular weight excluding hydrogens is 254 g/mol. The Labute approximate surface area is 115 Å². The zero-order valence-corrected chi connectivity index (χ0v) is 10.9. The van der Waals surface area contributed by atoms with Crippen LogP contribution in [0.2, 0.25) is 0 Å². The average Bonchev–Trinajstić information content (AvgIpc) is 2.77. The number of carbonyl (C=O) groups excluding carboxylic acids is 1. The van der Waals surface area contributed by atoms with Crippen LogP contribution in [-0.4, -0.2) is 20.8 Å². The molecule has 20 heavy (non-hydrogen) atoms. The van der Waals surface area contributed by atoms with Crippen LogP contribution in [0.25, 0.3) is 22.2 Å². The summed E-state index contributed by atoms with van der Waals surface area (Å²) in [7, 11) is 1.90. The number of aromatic nitrogens is 3. The molecule has 3 aromatic rings. The molecule has 2 heterocycles. The van der Waals surface area contributed by atoms with E-state index in [2.05, 4.69) is 15.4 Å². The van der Waals surface area contributed by atoms with Crippen molar-refractivity contribution in [2.24, 2.45) is 12.8 Å². The van der Waals surface area contributed by atoms with Gasteiger partial charge >= 0.3 is 6.03 Å². The van der Waals surface area contributed by atoms with Crippen LogP contribution in [0, 0.1) is 0 Å². The summed E-state index contributed by atoms with van der Waals surface area (Å²) in [5.74, 6) is 0. The number of nitrogens with zero attached hydrogens (tertiary/aromatic N) is 3. The van der Waals surface area contributed by atoms with E-state index >= 15 is 0 Å². The summed E-state index contributed by atoms with van der Waals surface area (Å²) in [5, 5.41) is 8.03. The van der Waals surface area contributed by atoms with Crippen LogP contribution >= 0.6 is 0 Å². The second kappa shape index (κ2) is 4.65. The average molecular weight is 267 g/mol. The molecule has 2 aromatic heterocycles. The Morgan fingerprint density at radius 2 is 2.00 bits per heavy atom. The Balaban J connectivity index is 2.05. The molecule has 100 valence electrons. The number of pyridine rings is 1. The van der Waals surface area contributed by atoms with Gasteiger partial charge in [-0.2, -0.15) is 5.10 Å². The lowest BCUT2D eigenvalue weighted by Gasteiger charge is -2.02. The Bertz CT molecular complexity index is 776. The maximum Gasteiger partial charge on any atom is 0.316 e. The van der Waals surface area contributed by atoms with E-state index in [1.165, 1.54) is 0 Å². The number of aryl methyl sites for hydroxylation is 1. The Hall–Kier alpha value is -2.89. The molecule has 0 bridgehead atoms. The van der Waals surface area contributed by atoms with E-state index in [9.17, 15) is 4.79 Å². The van der Waals surface area contributed by atoms with E-state index in [4.69, 9.17) is 5.73 Å². The first-order valence-electron chi connectivity index (χ1n) is 6.09. The third-order valence-electron chi connectivity index (χ3n) is 3.08. The zero-order valence-electron chi connectivity index (χ0n) is 10.9. The number of carbonyl (C=O) groups is 1. The largest absolute Gasteiger partial charge is 0.351 e. The molecule has 2 amide bonds. The van der Waals surface area contributed by atoms with Gasteiger partial charge < -0.3 is 11.1 Å². The normalized spacial score (nSPS) is 10.7. The SMILES string of the molecule is Cn1nc(-c2ccc(NC(N)=O)cc2)c2cnccc21. The second-order valence-corrected chi connectivity index (χ2v) is 4.43. The molecule has 0 radical (unpaired) electrons. The number of nitrogens with one attached hydrogen (secondary N) is 1. The molecule has 6 nitrogen and oxygen atoms in total. The van der Waals surface area contributed by atoms with Gasteiger partial charge in [-0.3, -0.25) is 9.67 Å². The van der Waals surface area contributed by atoms with Gasteiger partial charge in [0.25, 0.3) is 0 Å². The van der Waals surface area contributed by atoms with Gasteiger partial charge in [-0.1, -0.05) is 12.1 Å². The van der Waals surface area contributed by atoms with Crippen molar-refractivity contribution in [2.45, 2.75) is 0 Å². The highest BCUT2D eigenvalue weighted by atomic mass is 16.2. The lowest BCUT2D eigenvalue weighted by Crippen LogP contribution is -2.19. The fourth-order valence-electron chi connectivity index (χ4n) is 2.18. The summed E-state index contributed by atoms with van der Waals surface area (Å²) >= 11 is 0. The first-order chi connectivity index (χ1) is 9.65. The van der Waals surface area contributed by atoms with Crippen molar-refractivity contribution in [1.82, 2.24) is 14.8 Å². The van der Waals surface area contributed by atoms with E-state index in [-0.39, 0.29) is 0 Å². The highest BCUT2D eigenvalue weighted by Gasteiger charge is 2.10. The summed E-state index contributed by atoms with van der Waals surface area (Å²) in [6, 6.07) is 8.70. The van der Waals surface area contributed by atoms with Crippen molar-refractivity contribution >= 4 is 22.6 Å². The van der Waals surface area contributed by atoms with E-state index < -0.39 is 6.03 Å².